The van der Waals surface area contributed by atoms with Gasteiger partial charge < -0.3 is 10.2 Å². The quantitative estimate of drug-likeness (QED) is 0.242. The zero-order valence-corrected chi connectivity index (χ0v) is 22.3. The third-order valence-electron chi connectivity index (χ3n) is 6.50. The highest BCUT2D eigenvalue weighted by Crippen LogP contribution is 2.28. The highest BCUT2D eigenvalue weighted by atomic mass is 35.5. The molecule has 0 fully saturated rings. The van der Waals surface area contributed by atoms with Gasteiger partial charge in [-0.1, -0.05) is 102 Å². The Morgan fingerprint density at radius 2 is 1.49 bits per heavy atom. The van der Waals surface area contributed by atoms with Crippen LogP contribution in [0.4, 0.5) is 0 Å². The van der Waals surface area contributed by atoms with Gasteiger partial charge in [0.25, 0.3) is 0 Å². The smallest absolute Gasteiger partial charge is 0.243 e. The third kappa shape index (κ3) is 6.71. The van der Waals surface area contributed by atoms with Crippen LogP contribution in [0.1, 0.15) is 30.0 Å². The normalized spacial score (nSPS) is 11.8. The Bertz CT molecular complexity index is 1350. The lowest BCUT2D eigenvalue weighted by Gasteiger charge is -2.32. The Labute approximate surface area is 228 Å². The van der Waals surface area contributed by atoms with E-state index < -0.39 is 6.04 Å². The van der Waals surface area contributed by atoms with Crippen LogP contribution in [0.25, 0.3) is 10.8 Å². The fourth-order valence-corrected chi connectivity index (χ4v) is 5.11. The summed E-state index contributed by atoms with van der Waals surface area (Å²) in [4.78, 5) is 28.8. The summed E-state index contributed by atoms with van der Waals surface area (Å²) in [6.07, 6.45) is 1.19. The van der Waals surface area contributed by atoms with Crippen LogP contribution in [0.3, 0.4) is 0 Å². The molecule has 4 aromatic carbocycles. The van der Waals surface area contributed by atoms with Gasteiger partial charge in [-0.25, -0.2) is 0 Å². The number of benzene rings is 4. The minimum atomic E-state index is -0.713. The van der Waals surface area contributed by atoms with Gasteiger partial charge in [-0.15, -0.1) is 0 Å². The SMILES string of the molecule is CCNC(=O)[C@H](Cc1ccccc1)N(Cc1c(Cl)cccc1Cl)C(=O)CCc1cccc2ccccc12. The van der Waals surface area contributed by atoms with Gasteiger partial charge in [-0.3, -0.25) is 9.59 Å². The molecule has 4 aromatic rings. The molecular formula is C31H30Cl2N2O2. The minimum Gasteiger partial charge on any atom is -0.355 e. The van der Waals surface area contributed by atoms with E-state index in [4.69, 9.17) is 23.2 Å². The second kappa shape index (κ2) is 12.8. The van der Waals surface area contributed by atoms with Gasteiger partial charge in [0.2, 0.25) is 11.8 Å². The second-order valence-electron chi connectivity index (χ2n) is 8.96. The molecule has 0 saturated carbocycles. The van der Waals surface area contributed by atoms with Crippen molar-refractivity contribution in [1.29, 1.82) is 0 Å². The lowest BCUT2D eigenvalue weighted by molar-refractivity contribution is -0.141. The predicted molar refractivity (Wildman–Crippen MR) is 152 cm³/mol. The molecule has 37 heavy (non-hydrogen) atoms. The molecule has 0 heterocycles. The Hall–Kier alpha value is -3.34. The van der Waals surface area contributed by atoms with Crippen LogP contribution in [0.5, 0.6) is 0 Å². The van der Waals surface area contributed by atoms with Crippen molar-refractivity contribution in [3.63, 3.8) is 0 Å². The van der Waals surface area contributed by atoms with Gasteiger partial charge in [0.1, 0.15) is 6.04 Å². The summed E-state index contributed by atoms with van der Waals surface area (Å²) in [6, 6.07) is 28.6. The van der Waals surface area contributed by atoms with Gasteiger partial charge in [0.05, 0.1) is 0 Å². The molecule has 0 radical (unpaired) electrons. The molecule has 4 nitrogen and oxygen atoms in total. The second-order valence-corrected chi connectivity index (χ2v) is 9.77. The van der Waals surface area contributed by atoms with Crippen molar-refractivity contribution in [3.05, 3.63) is 118 Å². The van der Waals surface area contributed by atoms with E-state index in [-0.39, 0.29) is 24.8 Å². The number of hydrogen-bond donors (Lipinski definition) is 1. The molecule has 0 bridgehead atoms. The van der Waals surface area contributed by atoms with Crippen LogP contribution >= 0.6 is 23.2 Å². The number of likely N-dealkylation sites (N-methyl/N-ethyl adjacent to an activating group) is 1. The predicted octanol–water partition coefficient (Wildman–Crippen LogP) is 6.86. The Balaban J connectivity index is 1.67. The lowest BCUT2D eigenvalue weighted by Crippen LogP contribution is -2.50. The van der Waals surface area contributed by atoms with Crippen LogP contribution in [-0.4, -0.2) is 29.3 Å². The molecule has 190 valence electrons. The van der Waals surface area contributed by atoms with Gasteiger partial charge in [0, 0.05) is 41.5 Å². The molecule has 1 N–H and O–H groups in total. The molecular weight excluding hydrogens is 503 g/mol. The maximum Gasteiger partial charge on any atom is 0.243 e. The number of amides is 2. The van der Waals surface area contributed by atoms with Crippen LogP contribution in [0.2, 0.25) is 10.0 Å². The molecule has 0 spiro atoms. The molecule has 0 saturated heterocycles. The van der Waals surface area contributed by atoms with Crippen molar-refractivity contribution >= 4 is 45.8 Å². The first-order valence-electron chi connectivity index (χ1n) is 12.5. The van der Waals surface area contributed by atoms with Crippen molar-refractivity contribution in [2.24, 2.45) is 0 Å². The summed E-state index contributed by atoms with van der Waals surface area (Å²) in [5.41, 5.74) is 2.70. The highest BCUT2D eigenvalue weighted by Gasteiger charge is 2.31. The fourth-order valence-electron chi connectivity index (χ4n) is 4.60. The number of nitrogens with zero attached hydrogens (tertiary/aromatic N) is 1. The van der Waals surface area contributed by atoms with Crippen LogP contribution in [-0.2, 0) is 29.0 Å². The van der Waals surface area contributed by atoms with E-state index >= 15 is 0 Å². The van der Waals surface area contributed by atoms with E-state index in [2.05, 4.69) is 29.6 Å². The number of halogens is 2. The van der Waals surface area contributed by atoms with Gasteiger partial charge in [0.15, 0.2) is 0 Å². The number of aryl methyl sites for hydroxylation is 1. The lowest BCUT2D eigenvalue weighted by atomic mass is 9.99. The number of carbonyl (C=O) groups excluding carboxylic acids is 2. The molecule has 1 atom stereocenters. The fraction of sp³-hybridized carbons (Fsp3) is 0.226. The van der Waals surface area contributed by atoms with Crippen LogP contribution in [0.15, 0.2) is 91.0 Å². The average molecular weight is 533 g/mol. The van der Waals surface area contributed by atoms with E-state index in [9.17, 15) is 9.59 Å². The third-order valence-corrected chi connectivity index (χ3v) is 7.21. The van der Waals surface area contributed by atoms with E-state index in [0.717, 1.165) is 21.9 Å². The summed E-state index contributed by atoms with van der Waals surface area (Å²) >= 11 is 13.0. The zero-order chi connectivity index (χ0) is 26.2. The molecule has 2 amide bonds. The molecule has 0 aliphatic carbocycles. The van der Waals surface area contributed by atoms with Crippen molar-refractivity contribution in [1.82, 2.24) is 10.2 Å². The maximum atomic E-state index is 13.9. The number of hydrogen-bond acceptors (Lipinski definition) is 2. The molecule has 4 rings (SSSR count). The first kappa shape index (κ1) is 26.7. The van der Waals surface area contributed by atoms with E-state index in [1.54, 1.807) is 23.1 Å². The molecule has 6 heteroatoms. The average Bonchev–Trinajstić information content (AvgIpc) is 2.91. The summed E-state index contributed by atoms with van der Waals surface area (Å²) in [5.74, 6) is -0.329. The number of rotatable bonds is 10. The van der Waals surface area contributed by atoms with Crippen LogP contribution in [0, 0.1) is 0 Å². The Kier molecular flexibility index (Phi) is 9.21. The summed E-state index contributed by atoms with van der Waals surface area (Å²) < 4.78 is 0. The highest BCUT2D eigenvalue weighted by molar-refractivity contribution is 6.36. The molecule has 0 aromatic heterocycles. The van der Waals surface area contributed by atoms with E-state index in [1.165, 1.54) is 0 Å². The van der Waals surface area contributed by atoms with Crippen molar-refractivity contribution in [2.75, 3.05) is 6.54 Å². The Morgan fingerprint density at radius 3 is 2.22 bits per heavy atom. The topological polar surface area (TPSA) is 49.4 Å². The summed E-state index contributed by atoms with van der Waals surface area (Å²) in [5, 5.41) is 6.11. The largest absolute Gasteiger partial charge is 0.355 e. The summed E-state index contributed by atoms with van der Waals surface area (Å²) in [6.45, 7) is 2.48. The molecule has 0 aliphatic heterocycles. The van der Waals surface area contributed by atoms with Crippen molar-refractivity contribution in [2.45, 2.75) is 38.8 Å². The summed E-state index contributed by atoms with van der Waals surface area (Å²) in [7, 11) is 0. The number of carbonyl (C=O) groups is 2. The van der Waals surface area contributed by atoms with Crippen LogP contribution < -0.4 is 5.32 Å². The first-order valence-corrected chi connectivity index (χ1v) is 13.2. The molecule has 0 unspecified atom stereocenters. The van der Waals surface area contributed by atoms with E-state index in [0.29, 0.717) is 35.0 Å². The van der Waals surface area contributed by atoms with Crippen molar-refractivity contribution < 1.29 is 9.59 Å². The minimum absolute atomic E-state index is 0.129. The number of fused-ring (bicyclic) bond motifs is 1. The van der Waals surface area contributed by atoms with Gasteiger partial charge in [-0.2, -0.15) is 0 Å². The first-order chi connectivity index (χ1) is 18.0. The van der Waals surface area contributed by atoms with Crippen molar-refractivity contribution in [3.8, 4) is 0 Å². The zero-order valence-electron chi connectivity index (χ0n) is 20.8. The maximum absolute atomic E-state index is 13.9. The monoisotopic (exact) mass is 532 g/mol. The van der Waals surface area contributed by atoms with E-state index in [1.807, 2.05) is 55.5 Å². The Morgan fingerprint density at radius 1 is 0.838 bits per heavy atom. The van der Waals surface area contributed by atoms with Gasteiger partial charge in [-0.05, 0) is 47.4 Å². The standard InChI is InChI=1S/C31H30Cl2N2O2/c1-2-34-31(37)29(20-22-10-4-3-5-11-22)35(21-26-27(32)16-9-17-28(26)33)30(36)19-18-24-14-8-13-23-12-6-7-15-25(23)24/h3-17,29H,2,18-21H2,1H3,(H,34,37)/t29-/m0/s1. The number of nitrogens with one attached hydrogen (secondary N) is 1. The molecule has 0 aliphatic rings. The van der Waals surface area contributed by atoms with Gasteiger partial charge >= 0.3 is 0 Å².